The number of carboxylic acid groups (broad SMARTS) is 2. The van der Waals surface area contributed by atoms with E-state index in [4.69, 9.17) is 5.73 Å². The second kappa shape index (κ2) is 12.1. The summed E-state index contributed by atoms with van der Waals surface area (Å²) >= 11 is 0. The van der Waals surface area contributed by atoms with Gasteiger partial charge >= 0.3 is 17.9 Å². The fraction of sp³-hybridized carbons (Fsp3) is 0. The van der Waals surface area contributed by atoms with E-state index in [0.717, 1.165) is 6.07 Å². The maximum Gasteiger partial charge on any atom is 0.337 e. The Hall–Kier alpha value is -6.29. The zero-order chi connectivity index (χ0) is 35.1. The SMILES string of the molecule is Nc1c(-c2nc(O)nc(Nc3ccccc3C(=O)O)n2)c(S(=O)(=O)O)cc2cc(S(=O)(=O)O)c(N=Nc3ccccc3C(=O)O)c(O)c12. The number of aromatic nitrogens is 3. The molecule has 0 fully saturated rings. The van der Waals surface area contributed by atoms with Gasteiger partial charge in [-0.25, -0.2) is 9.59 Å². The molecule has 0 unspecified atom stereocenters. The number of anilines is 3. The van der Waals surface area contributed by atoms with Gasteiger partial charge in [0.2, 0.25) is 5.95 Å². The van der Waals surface area contributed by atoms with Gasteiger partial charge in [-0.1, -0.05) is 24.3 Å². The van der Waals surface area contributed by atoms with Crippen LogP contribution >= 0.6 is 0 Å². The standard InChI is InChI=1S/C27H19N7O12S2/c28-20-18-11(10-17(48(44,45)46)21(22(18)35)34-33-15-8-4-2-6-13(15)25(38)39)9-16(47(41,42)43)19(20)23-30-26(32-27(40)31-23)29-14-7-3-1-5-12(14)24(36)37/h1-10,35H,28H2,(H,36,37)(H,38,39)(H,41,42,43)(H,44,45,46)(H2,29,30,31,32,40). The van der Waals surface area contributed by atoms with Crippen molar-refractivity contribution in [1.29, 1.82) is 0 Å². The van der Waals surface area contributed by atoms with Crippen molar-refractivity contribution in [3.05, 3.63) is 71.8 Å². The molecule has 246 valence electrons. The molecular formula is C27H19N7O12S2. The van der Waals surface area contributed by atoms with Crippen LogP contribution in [0.1, 0.15) is 20.7 Å². The smallest absolute Gasteiger partial charge is 0.337 e. The summed E-state index contributed by atoms with van der Waals surface area (Å²) in [7, 11) is -10.5. The number of phenolic OH excluding ortho intramolecular Hbond substituents is 1. The maximum absolute atomic E-state index is 12.6. The van der Waals surface area contributed by atoms with E-state index in [9.17, 15) is 56.0 Å². The number of fused-ring (bicyclic) bond motifs is 1. The van der Waals surface area contributed by atoms with Crippen molar-refractivity contribution in [1.82, 2.24) is 15.0 Å². The minimum absolute atomic E-state index is 0.0575. The minimum Gasteiger partial charge on any atom is -0.505 e. The number of nitrogen functional groups attached to an aromatic ring is 1. The van der Waals surface area contributed by atoms with E-state index in [0.29, 0.717) is 12.1 Å². The van der Waals surface area contributed by atoms with Gasteiger partial charge in [0, 0.05) is 5.39 Å². The van der Waals surface area contributed by atoms with E-state index in [1.807, 2.05) is 0 Å². The number of rotatable bonds is 9. The number of aromatic carboxylic acids is 2. The summed E-state index contributed by atoms with van der Waals surface area (Å²) in [5.74, 6) is -5.13. The zero-order valence-corrected chi connectivity index (χ0v) is 25.2. The summed E-state index contributed by atoms with van der Waals surface area (Å²) in [6, 6.07) is 10.9. The number of carbonyl (C=O) groups is 2. The number of benzene rings is 4. The molecule has 0 aliphatic rings. The van der Waals surface area contributed by atoms with Crippen molar-refractivity contribution in [2.75, 3.05) is 11.1 Å². The summed E-state index contributed by atoms with van der Waals surface area (Å²) < 4.78 is 69.8. The third kappa shape index (κ3) is 6.36. The van der Waals surface area contributed by atoms with Gasteiger partial charge in [-0.2, -0.15) is 31.8 Å². The quantitative estimate of drug-likeness (QED) is 0.0617. The lowest BCUT2D eigenvalue weighted by atomic mass is 10.0. The van der Waals surface area contributed by atoms with Crippen molar-refractivity contribution in [2.24, 2.45) is 10.2 Å². The van der Waals surface area contributed by atoms with Gasteiger partial charge in [0.25, 0.3) is 20.2 Å². The number of hydrogen-bond donors (Lipinski definition) is 8. The van der Waals surface area contributed by atoms with Crippen molar-refractivity contribution in [3.8, 4) is 23.1 Å². The molecule has 19 nitrogen and oxygen atoms in total. The Kier molecular flexibility index (Phi) is 8.37. The fourth-order valence-electron chi connectivity index (χ4n) is 4.53. The topological polar surface area (TPSA) is 325 Å². The van der Waals surface area contributed by atoms with Crippen LogP contribution in [0.25, 0.3) is 22.2 Å². The number of nitrogens with one attached hydrogen (secondary N) is 1. The average molecular weight is 698 g/mol. The molecule has 9 N–H and O–H groups in total. The van der Waals surface area contributed by atoms with Crippen LogP contribution in [0.4, 0.5) is 28.7 Å². The van der Waals surface area contributed by atoms with Gasteiger partial charge in [0.05, 0.1) is 28.1 Å². The molecular weight excluding hydrogens is 678 g/mol. The lowest BCUT2D eigenvalue weighted by Gasteiger charge is -2.16. The molecule has 0 saturated heterocycles. The van der Waals surface area contributed by atoms with Crippen LogP contribution in [0.5, 0.6) is 11.8 Å². The molecule has 1 aromatic heterocycles. The first kappa shape index (κ1) is 33.1. The number of aromatic hydroxyl groups is 2. The molecule has 21 heteroatoms. The molecule has 0 aliphatic carbocycles. The number of phenols is 1. The van der Waals surface area contributed by atoms with Crippen molar-refractivity contribution in [3.63, 3.8) is 0 Å². The van der Waals surface area contributed by atoms with Crippen LogP contribution in [-0.4, -0.2) is 73.3 Å². The minimum atomic E-state index is -5.28. The van der Waals surface area contributed by atoms with Crippen LogP contribution in [0, 0.1) is 0 Å². The number of para-hydroxylation sites is 1. The molecule has 0 bridgehead atoms. The fourth-order valence-corrected chi connectivity index (χ4v) is 5.92. The summed E-state index contributed by atoms with van der Waals surface area (Å²) in [4.78, 5) is 32.4. The Bertz CT molecular complexity index is 2440. The third-order valence-corrected chi connectivity index (χ3v) is 8.29. The van der Waals surface area contributed by atoms with Gasteiger partial charge in [-0.05, 0) is 41.8 Å². The largest absolute Gasteiger partial charge is 0.505 e. The molecule has 4 aromatic carbocycles. The van der Waals surface area contributed by atoms with Gasteiger partial charge in [0.1, 0.15) is 21.2 Å². The average Bonchev–Trinajstić information content (AvgIpc) is 2.99. The lowest BCUT2D eigenvalue weighted by molar-refractivity contribution is 0.0687. The second-order valence-electron chi connectivity index (χ2n) is 9.56. The Morgan fingerprint density at radius 3 is 1.98 bits per heavy atom. The van der Waals surface area contributed by atoms with Gasteiger partial charge in [0.15, 0.2) is 11.6 Å². The van der Waals surface area contributed by atoms with Crippen LogP contribution in [0.2, 0.25) is 0 Å². The molecule has 0 atom stereocenters. The van der Waals surface area contributed by atoms with E-state index < -0.39 is 93.2 Å². The van der Waals surface area contributed by atoms with Gasteiger partial charge < -0.3 is 31.5 Å². The number of nitrogens with two attached hydrogens (primary N) is 1. The first-order valence-corrected chi connectivity index (χ1v) is 15.7. The molecule has 48 heavy (non-hydrogen) atoms. The maximum atomic E-state index is 12.6. The highest BCUT2D eigenvalue weighted by molar-refractivity contribution is 7.86. The summed E-state index contributed by atoms with van der Waals surface area (Å²) in [5, 5.41) is 49.4. The predicted octanol–water partition coefficient (Wildman–Crippen LogP) is 3.73. The third-order valence-electron chi connectivity index (χ3n) is 6.54. The molecule has 5 aromatic rings. The first-order valence-electron chi connectivity index (χ1n) is 12.8. The van der Waals surface area contributed by atoms with Crippen molar-refractivity contribution < 1.29 is 56.0 Å². The molecule has 5 rings (SSSR count). The second-order valence-corrected chi connectivity index (χ2v) is 12.3. The number of azo groups is 1. The van der Waals surface area contributed by atoms with E-state index in [-0.39, 0.29) is 22.5 Å². The Balaban J connectivity index is 1.80. The van der Waals surface area contributed by atoms with Crippen LogP contribution < -0.4 is 11.1 Å². The van der Waals surface area contributed by atoms with E-state index in [1.54, 1.807) is 0 Å². The lowest BCUT2D eigenvalue weighted by Crippen LogP contribution is -2.09. The van der Waals surface area contributed by atoms with Crippen LogP contribution in [0.3, 0.4) is 0 Å². The van der Waals surface area contributed by atoms with E-state index >= 15 is 0 Å². The Morgan fingerprint density at radius 1 is 0.771 bits per heavy atom. The Morgan fingerprint density at radius 2 is 1.35 bits per heavy atom. The highest BCUT2D eigenvalue weighted by atomic mass is 32.2. The van der Waals surface area contributed by atoms with Crippen molar-refractivity contribution >= 4 is 71.6 Å². The summed E-state index contributed by atoms with van der Waals surface area (Å²) in [6.07, 6.45) is 0. The summed E-state index contributed by atoms with van der Waals surface area (Å²) in [5.41, 5.74) is 2.92. The highest BCUT2D eigenvalue weighted by Gasteiger charge is 2.30. The highest BCUT2D eigenvalue weighted by Crippen LogP contribution is 2.48. The zero-order valence-electron chi connectivity index (χ0n) is 23.5. The molecule has 0 aliphatic heterocycles. The van der Waals surface area contributed by atoms with Gasteiger partial charge in [-0.15, -0.1) is 10.2 Å². The van der Waals surface area contributed by atoms with Crippen LogP contribution in [0.15, 0.2) is 80.7 Å². The number of hydrogen-bond acceptors (Lipinski definition) is 15. The van der Waals surface area contributed by atoms with Crippen molar-refractivity contribution in [2.45, 2.75) is 9.79 Å². The normalized spacial score (nSPS) is 12.0. The van der Waals surface area contributed by atoms with E-state index in [1.165, 1.54) is 42.5 Å². The first-order chi connectivity index (χ1) is 22.5. The summed E-state index contributed by atoms with van der Waals surface area (Å²) in [6.45, 7) is 0. The molecule has 0 amide bonds. The molecule has 0 spiro atoms. The molecule has 0 radical (unpaired) electrons. The monoisotopic (exact) mass is 697 g/mol. The molecule has 1 heterocycles. The van der Waals surface area contributed by atoms with Gasteiger partial charge in [-0.3, -0.25) is 9.11 Å². The Labute approximate surface area is 268 Å². The van der Waals surface area contributed by atoms with E-state index in [2.05, 4.69) is 30.5 Å². The molecule has 0 saturated carbocycles. The number of carboxylic acids is 2. The van der Waals surface area contributed by atoms with Crippen LogP contribution in [-0.2, 0) is 20.2 Å². The predicted molar refractivity (Wildman–Crippen MR) is 164 cm³/mol. The number of nitrogens with zero attached hydrogens (tertiary/aromatic N) is 5.